The van der Waals surface area contributed by atoms with Gasteiger partial charge < -0.3 is 9.88 Å². The van der Waals surface area contributed by atoms with E-state index in [1.54, 1.807) is 41.4 Å². The molecule has 162 valence electrons. The van der Waals surface area contributed by atoms with Gasteiger partial charge in [-0.25, -0.2) is 8.42 Å². The second-order valence-corrected chi connectivity index (χ2v) is 10.5. The second-order valence-electron chi connectivity index (χ2n) is 7.06. The zero-order valence-electron chi connectivity index (χ0n) is 16.1. The quantitative estimate of drug-likeness (QED) is 0.464. The highest BCUT2D eigenvalue weighted by Crippen LogP contribution is 2.27. The summed E-state index contributed by atoms with van der Waals surface area (Å²) in [5.41, 5.74) is 1.51. The molecule has 7 nitrogen and oxygen atoms in total. The maximum atomic E-state index is 13.1. The number of fused-ring (bicyclic) bond motifs is 2. The minimum absolute atomic E-state index is 0. The molecule has 1 aromatic carbocycles. The third-order valence-corrected chi connectivity index (χ3v) is 8.33. The number of H-pyrrole nitrogens is 1. The summed E-state index contributed by atoms with van der Waals surface area (Å²) in [6.07, 6.45) is 1.70. The molecule has 0 aliphatic carbocycles. The molecule has 1 amide bonds. The number of rotatable bonds is 3. The predicted octanol–water partition coefficient (Wildman–Crippen LogP) is 4.00. The predicted molar refractivity (Wildman–Crippen MR) is 125 cm³/mol. The molecule has 4 aromatic rings. The zero-order valence-corrected chi connectivity index (χ0v) is 19.3. The van der Waals surface area contributed by atoms with E-state index in [1.165, 1.54) is 15.6 Å². The van der Waals surface area contributed by atoms with Crippen LogP contribution in [-0.2, 0) is 10.0 Å². The van der Waals surface area contributed by atoms with Crippen molar-refractivity contribution in [2.75, 3.05) is 26.2 Å². The molecule has 0 unspecified atom stereocenters. The van der Waals surface area contributed by atoms with Gasteiger partial charge in [0.25, 0.3) is 15.9 Å². The van der Waals surface area contributed by atoms with Crippen molar-refractivity contribution in [3.05, 3.63) is 58.6 Å². The van der Waals surface area contributed by atoms with Gasteiger partial charge in [-0.15, -0.1) is 23.7 Å². The van der Waals surface area contributed by atoms with Crippen molar-refractivity contribution in [3.63, 3.8) is 0 Å². The van der Waals surface area contributed by atoms with Crippen molar-refractivity contribution in [2.45, 2.75) is 5.03 Å². The number of benzene rings is 1. The fraction of sp³-hybridized carbons (Fsp3) is 0.200. The first-order chi connectivity index (χ1) is 14.4. The lowest BCUT2D eigenvalue weighted by Gasteiger charge is -2.33. The van der Waals surface area contributed by atoms with Crippen LogP contribution >= 0.6 is 35.3 Å². The lowest BCUT2D eigenvalue weighted by atomic mass is 10.2. The van der Waals surface area contributed by atoms with Gasteiger partial charge in [-0.3, -0.25) is 9.78 Å². The summed E-state index contributed by atoms with van der Waals surface area (Å²) in [5, 5.41) is 1.43. The van der Waals surface area contributed by atoms with Gasteiger partial charge in [0.05, 0.1) is 15.1 Å². The molecular weight excluding hydrogens is 479 g/mol. The molecule has 0 bridgehead atoms. The van der Waals surface area contributed by atoms with Gasteiger partial charge in [0.1, 0.15) is 5.03 Å². The summed E-state index contributed by atoms with van der Waals surface area (Å²) in [6.45, 7) is 1.16. The Labute approximate surface area is 194 Å². The molecule has 1 saturated heterocycles. The normalized spacial score (nSPS) is 15.3. The number of amides is 1. The van der Waals surface area contributed by atoms with Gasteiger partial charge in [0.15, 0.2) is 0 Å². The average molecular weight is 497 g/mol. The van der Waals surface area contributed by atoms with E-state index < -0.39 is 10.0 Å². The van der Waals surface area contributed by atoms with Crippen LogP contribution in [0.25, 0.3) is 21.1 Å². The molecule has 1 aliphatic heterocycles. The van der Waals surface area contributed by atoms with Crippen molar-refractivity contribution in [1.29, 1.82) is 0 Å². The molecule has 11 heteroatoms. The third kappa shape index (κ3) is 4.04. The average Bonchev–Trinajstić information content (AvgIpc) is 3.37. The number of aromatic nitrogens is 2. The first-order valence-electron chi connectivity index (χ1n) is 9.34. The number of nitrogens with one attached hydrogen (secondary N) is 1. The number of pyridine rings is 1. The van der Waals surface area contributed by atoms with Gasteiger partial charge in [0, 0.05) is 48.3 Å². The van der Waals surface area contributed by atoms with Crippen LogP contribution in [0, 0.1) is 0 Å². The Morgan fingerprint density at radius 2 is 1.87 bits per heavy atom. The maximum absolute atomic E-state index is 13.1. The van der Waals surface area contributed by atoms with E-state index in [1.807, 2.05) is 12.1 Å². The zero-order chi connectivity index (χ0) is 20.9. The highest BCUT2D eigenvalue weighted by atomic mass is 35.5. The third-order valence-electron chi connectivity index (χ3n) is 5.20. The number of hydrogen-bond acceptors (Lipinski definition) is 5. The van der Waals surface area contributed by atoms with Crippen LogP contribution in [0.2, 0.25) is 5.02 Å². The highest BCUT2D eigenvalue weighted by Gasteiger charge is 2.32. The molecule has 1 aliphatic rings. The van der Waals surface area contributed by atoms with Crippen LogP contribution < -0.4 is 0 Å². The number of halogens is 2. The largest absolute Gasteiger partial charge is 0.345 e. The molecule has 5 rings (SSSR count). The molecule has 0 saturated carbocycles. The van der Waals surface area contributed by atoms with Crippen LogP contribution in [0.3, 0.4) is 0 Å². The molecule has 0 spiro atoms. The van der Waals surface area contributed by atoms with E-state index in [9.17, 15) is 13.2 Å². The Bertz CT molecular complexity index is 1340. The molecule has 3 aromatic heterocycles. The van der Waals surface area contributed by atoms with Crippen LogP contribution in [0.5, 0.6) is 0 Å². The van der Waals surface area contributed by atoms with Crippen LogP contribution in [0.15, 0.2) is 53.7 Å². The lowest BCUT2D eigenvalue weighted by molar-refractivity contribution is 0.0703. The second kappa shape index (κ2) is 8.40. The van der Waals surface area contributed by atoms with Gasteiger partial charge in [-0.05, 0) is 42.5 Å². The van der Waals surface area contributed by atoms with Gasteiger partial charge in [-0.1, -0.05) is 11.6 Å². The Morgan fingerprint density at radius 3 is 2.61 bits per heavy atom. The number of carbonyl (C=O) groups is 1. The Morgan fingerprint density at radius 1 is 1.10 bits per heavy atom. The van der Waals surface area contributed by atoms with Crippen molar-refractivity contribution in [3.8, 4) is 0 Å². The maximum Gasteiger partial charge on any atom is 0.264 e. The van der Waals surface area contributed by atoms with Crippen molar-refractivity contribution >= 4 is 72.4 Å². The molecule has 1 N–H and O–H groups in total. The van der Waals surface area contributed by atoms with Gasteiger partial charge >= 0.3 is 0 Å². The fourth-order valence-corrected chi connectivity index (χ4v) is 6.22. The van der Waals surface area contributed by atoms with E-state index in [4.69, 9.17) is 11.6 Å². The molecular formula is C20H18Cl2N4O3S2. The monoisotopic (exact) mass is 496 g/mol. The van der Waals surface area contributed by atoms with E-state index in [0.29, 0.717) is 28.5 Å². The van der Waals surface area contributed by atoms with Crippen molar-refractivity contribution in [1.82, 2.24) is 19.2 Å². The minimum Gasteiger partial charge on any atom is -0.345 e. The minimum atomic E-state index is -3.68. The van der Waals surface area contributed by atoms with E-state index in [2.05, 4.69) is 9.97 Å². The van der Waals surface area contributed by atoms with E-state index in [0.717, 1.165) is 15.6 Å². The molecule has 0 atom stereocenters. The van der Waals surface area contributed by atoms with E-state index >= 15 is 0 Å². The number of thiophene rings is 1. The van der Waals surface area contributed by atoms with Crippen molar-refractivity contribution in [2.24, 2.45) is 0 Å². The summed E-state index contributed by atoms with van der Waals surface area (Å²) >= 11 is 7.40. The van der Waals surface area contributed by atoms with Gasteiger partial charge in [0.2, 0.25) is 0 Å². The Kier molecular flexibility index (Phi) is 5.97. The fourth-order valence-electron chi connectivity index (χ4n) is 3.62. The van der Waals surface area contributed by atoms with Crippen LogP contribution in [-0.4, -0.2) is 59.7 Å². The summed E-state index contributed by atoms with van der Waals surface area (Å²) < 4.78 is 28.5. The topological polar surface area (TPSA) is 86.4 Å². The first kappa shape index (κ1) is 22.0. The summed E-state index contributed by atoms with van der Waals surface area (Å²) in [7, 11) is -3.68. The van der Waals surface area contributed by atoms with Crippen LogP contribution in [0.1, 0.15) is 9.67 Å². The summed E-state index contributed by atoms with van der Waals surface area (Å²) in [6, 6.07) is 12.4. The SMILES string of the molecule is Cl.O=C(c1cc2ncccc2s1)N1CCN(S(=O)(=O)c2cc3cc(Cl)ccc3[nH]2)CC1. The molecule has 0 radical (unpaired) electrons. The smallest absolute Gasteiger partial charge is 0.264 e. The van der Waals surface area contributed by atoms with Crippen LogP contribution in [0.4, 0.5) is 0 Å². The first-order valence-corrected chi connectivity index (χ1v) is 12.0. The molecule has 31 heavy (non-hydrogen) atoms. The number of aromatic amines is 1. The molecule has 4 heterocycles. The summed E-state index contributed by atoms with van der Waals surface area (Å²) in [4.78, 5) is 22.4. The number of hydrogen-bond donors (Lipinski definition) is 1. The molecule has 1 fully saturated rings. The number of piperazine rings is 1. The van der Waals surface area contributed by atoms with Gasteiger partial charge in [-0.2, -0.15) is 4.31 Å². The van der Waals surface area contributed by atoms with Crippen molar-refractivity contribution < 1.29 is 13.2 Å². The summed E-state index contributed by atoms with van der Waals surface area (Å²) in [5.74, 6) is -0.0877. The highest BCUT2D eigenvalue weighted by molar-refractivity contribution is 7.89. The number of nitrogens with zero attached hydrogens (tertiary/aromatic N) is 3. The lowest BCUT2D eigenvalue weighted by Crippen LogP contribution is -2.50. The number of sulfonamides is 1. The standard InChI is InChI=1S/C20H17ClN4O3S2.ClH/c21-14-3-4-15-13(10-14)11-19(23-15)30(27,28)25-8-6-24(7-9-25)20(26)18-12-16-17(29-18)2-1-5-22-16;/h1-5,10-12,23H,6-9H2;1H. The Balaban J connectivity index is 0.00000231. The Hall–Kier alpha value is -2.17. The number of carbonyl (C=O) groups excluding carboxylic acids is 1. The van der Waals surface area contributed by atoms with E-state index in [-0.39, 0.29) is 36.4 Å².